The van der Waals surface area contributed by atoms with Gasteiger partial charge in [-0.2, -0.15) is 0 Å². The van der Waals surface area contributed by atoms with Gasteiger partial charge in [0, 0.05) is 12.4 Å². The molecule has 0 N–H and O–H groups in total. The van der Waals surface area contributed by atoms with Crippen LogP contribution in [0.25, 0.3) is 0 Å². The lowest BCUT2D eigenvalue weighted by Crippen LogP contribution is -1.95. The molecule has 4 nitrogen and oxygen atoms in total. The van der Waals surface area contributed by atoms with Gasteiger partial charge < -0.3 is 4.55 Å². The van der Waals surface area contributed by atoms with Gasteiger partial charge in [0.2, 0.25) is 0 Å². The van der Waals surface area contributed by atoms with Gasteiger partial charge in [-0.05, 0) is 11.6 Å². The van der Waals surface area contributed by atoms with Crippen LogP contribution in [0.15, 0.2) is 24.5 Å². The smallest absolute Gasteiger partial charge is 0.0894 e. The first-order valence-corrected chi connectivity index (χ1v) is 3.90. The number of aromatic nitrogens is 1. The second-order valence-corrected chi connectivity index (χ2v) is 2.47. The molecule has 0 aliphatic carbocycles. The van der Waals surface area contributed by atoms with Crippen molar-refractivity contribution >= 4 is 11.4 Å². The van der Waals surface area contributed by atoms with Crippen LogP contribution in [0.2, 0.25) is 0 Å². The van der Waals surface area contributed by atoms with E-state index in [1.807, 2.05) is 0 Å². The highest BCUT2D eigenvalue weighted by Gasteiger charge is 1.90. The molecule has 0 bridgehead atoms. The summed E-state index contributed by atoms with van der Waals surface area (Å²) in [6.45, 7) is 0.0456. The van der Waals surface area contributed by atoms with Gasteiger partial charge in [0.1, 0.15) is 0 Å². The first kappa shape index (κ1) is 8.32. The van der Waals surface area contributed by atoms with Gasteiger partial charge >= 0.3 is 0 Å². The van der Waals surface area contributed by atoms with E-state index in [9.17, 15) is 8.76 Å². The fraction of sp³-hybridized carbons (Fsp3) is 0.167. The molecule has 1 unspecified atom stereocenters. The highest BCUT2D eigenvalue weighted by atomic mass is 32.2. The topological polar surface area (TPSA) is 62.2 Å². The second kappa shape index (κ2) is 4.17. The Morgan fingerprint density at radius 3 is 3.09 bits per heavy atom. The van der Waals surface area contributed by atoms with Crippen LogP contribution in [0.5, 0.6) is 0 Å². The van der Waals surface area contributed by atoms with Gasteiger partial charge in [-0.25, -0.2) is 4.21 Å². The van der Waals surface area contributed by atoms with Crippen molar-refractivity contribution in [1.82, 2.24) is 4.98 Å². The normalized spacial score (nSPS) is 12.8. The van der Waals surface area contributed by atoms with Crippen LogP contribution in [-0.2, 0) is 22.2 Å². The van der Waals surface area contributed by atoms with Gasteiger partial charge in [0.15, 0.2) is 0 Å². The Bertz CT molecular complexity index is 239. The summed E-state index contributed by atoms with van der Waals surface area (Å²) in [6, 6.07) is 3.45. The summed E-state index contributed by atoms with van der Waals surface area (Å²) in [4.78, 5) is 3.78. The first-order valence-electron chi connectivity index (χ1n) is 2.90. The summed E-state index contributed by atoms with van der Waals surface area (Å²) in [5.74, 6) is 0. The Hall–Kier alpha value is -0.780. The summed E-state index contributed by atoms with van der Waals surface area (Å²) in [6.07, 6.45) is 3.16. The molecule has 0 amide bonds. The predicted octanol–water partition coefficient (Wildman–Crippen LogP) is 0.392. The van der Waals surface area contributed by atoms with Gasteiger partial charge in [-0.15, -0.1) is 0 Å². The van der Waals surface area contributed by atoms with Crippen LogP contribution in [0.1, 0.15) is 5.56 Å². The van der Waals surface area contributed by atoms with Crippen LogP contribution in [0, 0.1) is 0 Å². The number of nitrogens with zero attached hydrogens (tertiary/aromatic N) is 1. The van der Waals surface area contributed by atoms with Crippen LogP contribution in [0.3, 0.4) is 0 Å². The molecular weight excluding hydrogens is 166 g/mol. The maximum absolute atomic E-state index is 9.93. The summed E-state index contributed by atoms with van der Waals surface area (Å²) < 4.78 is 24.2. The molecule has 0 radical (unpaired) electrons. The van der Waals surface area contributed by atoms with E-state index >= 15 is 0 Å². The predicted molar refractivity (Wildman–Crippen MR) is 37.9 cm³/mol. The third-order valence-electron chi connectivity index (χ3n) is 1.04. The Kier molecular flexibility index (Phi) is 3.15. The largest absolute Gasteiger partial charge is 0.750 e. The molecule has 1 atom stereocenters. The molecule has 1 heterocycles. The minimum absolute atomic E-state index is 0.0456. The SMILES string of the molecule is O=S([O-])OCc1cccnc1. The van der Waals surface area contributed by atoms with Crippen molar-refractivity contribution in [2.75, 3.05) is 0 Å². The van der Waals surface area contributed by atoms with E-state index in [1.54, 1.807) is 24.5 Å². The van der Waals surface area contributed by atoms with E-state index in [0.29, 0.717) is 0 Å². The molecule has 0 aliphatic rings. The molecule has 1 aromatic rings. The van der Waals surface area contributed by atoms with Gasteiger partial charge in [0.25, 0.3) is 0 Å². The van der Waals surface area contributed by atoms with Gasteiger partial charge in [-0.3, -0.25) is 9.17 Å². The monoisotopic (exact) mass is 172 g/mol. The minimum atomic E-state index is -2.44. The highest BCUT2D eigenvalue weighted by Crippen LogP contribution is 1.98. The zero-order chi connectivity index (χ0) is 8.10. The van der Waals surface area contributed by atoms with Crippen molar-refractivity contribution < 1.29 is 12.9 Å². The molecule has 0 saturated heterocycles. The average Bonchev–Trinajstić information content (AvgIpc) is 2.03. The summed E-state index contributed by atoms with van der Waals surface area (Å²) in [5, 5.41) is 0. The van der Waals surface area contributed by atoms with Crippen LogP contribution >= 0.6 is 0 Å². The lowest BCUT2D eigenvalue weighted by molar-refractivity contribution is 0.290. The zero-order valence-corrected chi connectivity index (χ0v) is 6.41. The van der Waals surface area contributed by atoms with Crippen LogP contribution in [-0.4, -0.2) is 13.7 Å². The molecule has 0 fully saturated rings. The van der Waals surface area contributed by atoms with Crippen molar-refractivity contribution in [1.29, 1.82) is 0 Å². The van der Waals surface area contributed by atoms with Crippen molar-refractivity contribution in [2.45, 2.75) is 6.61 Å². The van der Waals surface area contributed by atoms with Gasteiger partial charge in [0.05, 0.1) is 18.0 Å². The van der Waals surface area contributed by atoms with E-state index in [0.717, 1.165) is 5.56 Å². The third-order valence-corrected chi connectivity index (χ3v) is 1.35. The second-order valence-electron chi connectivity index (χ2n) is 1.83. The Labute approximate surface area is 66.7 Å². The van der Waals surface area contributed by atoms with Crippen molar-refractivity contribution in [3.8, 4) is 0 Å². The maximum atomic E-state index is 9.93. The Morgan fingerprint density at radius 1 is 1.73 bits per heavy atom. The van der Waals surface area contributed by atoms with E-state index in [-0.39, 0.29) is 6.61 Å². The third kappa shape index (κ3) is 3.22. The number of hydrogen-bond acceptors (Lipinski definition) is 4. The molecule has 11 heavy (non-hydrogen) atoms. The van der Waals surface area contributed by atoms with E-state index < -0.39 is 11.4 Å². The van der Waals surface area contributed by atoms with Crippen molar-refractivity contribution in [2.24, 2.45) is 0 Å². The summed E-state index contributed by atoms with van der Waals surface area (Å²) in [5.41, 5.74) is 0.733. The summed E-state index contributed by atoms with van der Waals surface area (Å²) in [7, 11) is 0. The highest BCUT2D eigenvalue weighted by molar-refractivity contribution is 7.74. The van der Waals surface area contributed by atoms with Gasteiger partial charge in [-0.1, -0.05) is 6.07 Å². The molecule has 0 aromatic carbocycles. The van der Waals surface area contributed by atoms with E-state index in [2.05, 4.69) is 9.17 Å². The first-order chi connectivity index (χ1) is 5.29. The Morgan fingerprint density at radius 2 is 2.55 bits per heavy atom. The van der Waals surface area contributed by atoms with Crippen LogP contribution in [0.4, 0.5) is 0 Å². The number of pyridine rings is 1. The maximum Gasteiger partial charge on any atom is 0.0894 e. The number of rotatable bonds is 3. The molecule has 1 rings (SSSR count). The standard InChI is InChI=1S/C6H7NO3S/c8-11(9)10-5-6-2-1-3-7-4-6/h1-4H,5H2,(H,8,9)/p-1. The quantitative estimate of drug-likeness (QED) is 0.619. The molecule has 0 aliphatic heterocycles. The zero-order valence-electron chi connectivity index (χ0n) is 5.60. The fourth-order valence-corrected chi connectivity index (χ4v) is 0.832. The molecular formula is C6H6NO3S-. The average molecular weight is 172 g/mol. The lowest BCUT2D eigenvalue weighted by atomic mass is 10.3. The Balaban J connectivity index is 2.45. The lowest BCUT2D eigenvalue weighted by Gasteiger charge is -2.04. The molecule has 1 aromatic heterocycles. The molecule has 0 spiro atoms. The van der Waals surface area contributed by atoms with Crippen LogP contribution < -0.4 is 0 Å². The summed E-state index contributed by atoms with van der Waals surface area (Å²) >= 11 is -2.44. The molecule has 5 heteroatoms. The van der Waals surface area contributed by atoms with Crippen molar-refractivity contribution in [3.05, 3.63) is 30.1 Å². The number of hydrogen-bond donors (Lipinski definition) is 0. The van der Waals surface area contributed by atoms with E-state index in [4.69, 9.17) is 0 Å². The molecule has 60 valence electrons. The van der Waals surface area contributed by atoms with E-state index in [1.165, 1.54) is 0 Å². The molecule has 0 saturated carbocycles. The fourth-order valence-electron chi connectivity index (χ4n) is 0.600. The minimum Gasteiger partial charge on any atom is -0.750 e. The van der Waals surface area contributed by atoms with Crippen molar-refractivity contribution in [3.63, 3.8) is 0 Å².